The smallest absolute Gasteiger partial charge is 0.336 e. The molecule has 2 aromatic rings. The van der Waals surface area contributed by atoms with E-state index in [1.807, 2.05) is 6.92 Å². The molecule has 0 spiro atoms. The first-order valence-corrected chi connectivity index (χ1v) is 9.83. The van der Waals surface area contributed by atoms with Gasteiger partial charge in [-0.15, -0.1) is 0 Å². The molecule has 7 nitrogen and oxygen atoms in total. The van der Waals surface area contributed by atoms with Crippen molar-refractivity contribution in [1.29, 1.82) is 0 Å². The number of fused-ring (bicyclic) bond motifs is 3. The highest BCUT2D eigenvalue weighted by Gasteiger charge is 2.50. The van der Waals surface area contributed by atoms with Crippen LogP contribution in [0.3, 0.4) is 0 Å². The van der Waals surface area contributed by atoms with E-state index in [4.69, 9.17) is 18.6 Å². The van der Waals surface area contributed by atoms with Crippen molar-refractivity contribution in [2.24, 2.45) is 5.92 Å². The second kappa shape index (κ2) is 7.89. The summed E-state index contributed by atoms with van der Waals surface area (Å²) in [6.45, 7) is 8.87. The summed E-state index contributed by atoms with van der Waals surface area (Å²) in [5.41, 5.74) is -0.867. The SMILES string of the molecule is CCC(=O)OC1c2c(ccc3ccc(=O)oc23)OC(C)(C)C1OC(=O)C(C)CC. The maximum atomic E-state index is 12.6. The molecule has 3 unspecified atom stereocenters. The van der Waals surface area contributed by atoms with Crippen LogP contribution in [0.1, 0.15) is 59.1 Å². The molecule has 0 saturated carbocycles. The molecule has 0 bridgehead atoms. The van der Waals surface area contributed by atoms with E-state index < -0.39 is 35.4 Å². The van der Waals surface area contributed by atoms with Gasteiger partial charge in [0.15, 0.2) is 12.2 Å². The zero-order valence-electron chi connectivity index (χ0n) is 17.3. The van der Waals surface area contributed by atoms with Gasteiger partial charge >= 0.3 is 17.6 Å². The molecule has 0 aliphatic carbocycles. The van der Waals surface area contributed by atoms with Crippen LogP contribution in [0.2, 0.25) is 0 Å². The van der Waals surface area contributed by atoms with Gasteiger partial charge < -0.3 is 18.6 Å². The second-order valence-electron chi connectivity index (χ2n) is 7.79. The van der Waals surface area contributed by atoms with Gasteiger partial charge in [0.1, 0.15) is 16.9 Å². The first-order valence-electron chi connectivity index (χ1n) is 9.83. The molecule has 0 saturated heterocycles. The molecule has 0 fully saturated rings. The third-order valence-corrected chi connectivity index (χ3v) is 5.21. The Balaban J connectivity index is 2.19. The molecule has 156 valence electrons. The predicted octanol–water partition coefficient (Wildman–Crippen LogP) is 3.92. The monoisotopic (exact) mass is 402 g/mol. The third kappa shape index (κ3) is 3.99. The summed E-state index contributed by atoms with van der Waals surface area (Å²) in [6.07, 6.45) is -1.12. The van der Waals surface area contributed by atoms with Crippen LogP contribution in [0.15, 0.2) is 33.5 Å². The van der Waals surface area contributed by atoms with E-state index >= 15 is 0 Å². The molecule has 1 aliphatic rings. The van der Waals surface area contributed by atoms with E-state index in [1.165, 1.54) is 6.07 Å². The summed E-state index contributed by atoms with van der Waals surface area (Å²) in [5.74, 6) is -0.767. The Morgan fingerprint density at radius 3 is 2.48 bits per heavy atom. The van der Waals surface area contributed by atoms with Gasteiger partial charge in [0.05, 0.1) is 11.5 Å². The van der Waals surface area contributed by atoms with Crippen LogP contribution in [0.25, 0.3) is 11.0 Å². The molecule has 7 heteroatoms. The van der Waals surface area contributed by atoms with Crippen molar-refractivity contribution in [1.82, 2.24) is 0 Å². The van der Waals surface area contributed by atoms with E-state index in [-0.39, 0.29) is 17.9 Å². The van der Waals surface area contributed by atoms with Crippen molar-refractivity contribution >= 4 is 22.9 Å². The third-order valence-electron chi connectivity index (χ3n) is 5.21. The Morgan fingerprint density at radius 1 is 1.14 bits per heavy atom. The number of esters is 2. The summed E-state index contributed by atoms with van der Waals surface area (Å²) in [7, 11) is 0. The summed E-state index contributed by atoms with van der Waals surface area (Å²) in [5, 5.41) is 0.649. The molecular formula is C22H26O7. The summed E-state index contributed by atoms with van der Waals surface area (Å²) < 4.78 is 23.0. The zero-order valence-corrected chi connectivity index (χ0v) is 17.3. The maximum absolute atomic E-state index is 12.6. The maximum Gasteiger partial charge on any atom is 0.336 e. The highest BCUT2D eigenvalue weighted by atomic mass is 16.6. The second-order valence-corrected chi connectivity index (χ2v) is 7.79. The Morgan fingerprint density at radius 2 is 1.83 bits per heavy atom. The predicted molar refractivity (Wildman–Crippen MR) is 106 cm³/mol. The topological polar surface area (TPSA) is 92.0 Å². The molecule has 0 radical (unpaired) electrons. The van der Waals surface area contributed by atoms with Crippen molar-refractivity contribution < 1.29 is 28.2 Å². The molecule has 1 aromatic heterocycles. The average Bonchev–Trinajstić information content (AvgIpc) is 2.68. The van der Waals surface area contributed by atoms with Gasteiger partial charge in [0.2, 0.25) is 0 Å². The van der Waals surface area contributed by atoms with E-state index in [2.05, 4.69) is 0 Å². The van der Waals surface area contributed by atoms with E-state index in [9.17, 15) is 14.4 Å². The molecule has 3 rings (SSSR count). The fourth-order valence-electron chi connectivity index (χ4n) is 3.31. The summed E-state index contributed by atoms with van der Waals surface area (Å²) in [6, 6.07) is 6.44. The lowest BCUT2D eigenvalue weighted by molar-refractivity contribution is -0.192. The Labute approximate surface area is 168 Å². The number of carbonyl (C=O) groups is 2. The number of hydrogen-bond acceptors (Lipinski definition) is 7. The van der Waals surface area contributed by atoms with Gasteiger partial charge in [-0.05, 0) is 38.5 Å². The van der Waals surface area contributed by atoms with Gasteiger partial charge in [-0.2, -0.15) is 0 Å². The van der Waals surface area contributed by atoms with Crippen LogP contribution in [0.4, 0.5) is 0 Å². The minimum Gasteiger partial charge on any atom is -0.483 e. The lowest BCUT2D eigenvalue weighted by Gasteiger charge is -2.43. The molecule has 1 aliphatic heterocycles. The summed E-state index contributed by atoms with van der Waals surface area (Å²) in [4.78, 5) is 36.7. The normalized spacial score (nSPS) is 21.0. The van der Waals surface area contributed by atoms with E-state index in [1.54, 1.807) is 45.9 Å². The van der Waals surface area contributed by atoms with Crippen LogP contribution >= 0.6 is 0 Å². The minimum atomic E-state index is -0.975. The van der Waals surface area contributed by atoms with Crippen LogP contribution in [0.5, 0.6) is 5.75 Å². The van der Waals surface area contributed by atoms with Crippen LogP contribution in [0, 0.1) is 5.92 Å². The first kappa shape index (κ1) is 20.9. The molecule has 0 N–H and O–H groups in total. The lowest BCUT2D eigenvalue weighted by Crippen LogP contribution is -2.52. The standard InChI is InChI=1S/C22H26O7/c1-6-12(3)21(25)28-20-19(26-15(23)7-2)17-14(29-22(20,4)5)10-8-13-9-11-16(24)27-18(13)17/h8-12,19-20H,6-7H2,1-5H3. The number of hydrogen-bond donors (Lipinski definition) is 0. The van der Waals surface area contributed by atoms with Crippen LogP contribution in [-0.2, 0) is 19.1 Å². The Kier molecular flexibility index (Phi) is 5.68. The average molecular weight is 402 g/mol. The number of carbonyl (C=O) groups excluding carboxylic acids is 2. The molecule has 1 aromatic carbocycles. The van der Waals surface area contributed by atoms with Gasteiger partial charge in [-0.25, -0.2) is 4.79 Å². The van der Waals surface area contributed by atoms with Crippen LogP contribution < -0.4 is 10.4 Å². The molecular weight excluding hydrogens is 376 g/mol. The fourth-order valence-corrected chi connectivity index (χ4v) is 3.31. The van der Waals surface area contributed by atoms with Crippen molar-refractivity contribution in [3.05, 3.63) is 40.2 Å². The first-order chi connectivity index (χ1) is 13.7. The highest BCUT2D eigenvalue weighted by Crippen LogP contribution is 2.46. The minimum absolute atomic E-state index is 0.147. The Bertz CT molecular complexity index is 988. The molecule has 0 amide bonds. The van der Waals surface area contributed by atoms with Gasteiger partial charge in [0, 0.05) is 17.9 Å². The van der Waals surface area contributed by atoms with E-state index in [0.717, 1.165) is 0 Å². The van der Waals surface area contributed by atoms with Crippen molar-refractivity contribution in [2.75, 3.05) is 0 Å². The fraction of sp³-hybridized carbons (Fsp3) is 0.500. The van der Waals surface area contributed by atoms with Crippen LogP contribution in [-0.4, -0.2) is 23.6 Å². The van der Waals surface area contributed by atoms with Crippen molar-refractivity contribution in [3.8, 4) is 5.75 Å². The molecule has 29 heavy (non-hydrogen) atoms. The number of rotatable bonds is 5. The Hall–Kier alpha value is -2.83. The molecule has 2 heterocycles. The zero-order chi connectivity index (χ0) is 21.3. The van der Waals surface area contributed by atoms with Gasteiger partial charge in [-0.1, -0.05) is 20.8 Å². The van der Waals surface area contributed by atoms with Crippen molar-refractivity contribution in [3.63, 3.8) is 0 Å². The number of ether oxygens (including phenoxy) is 3. The van der Waals surface area contributed by atoms with E-state index in [0.29, 0.717) is 23.1 Å². The largest absolute Gasteiger partial charge is 0.483 e. The number of benzene rings is 1. The van der Waals surface area contributed by atoms with Gasteiger partial charge in [-0.3, -0.25) is 9.59 Å². The quantitative estimate of drug-likeness (QED) is 0.553. The van der Waals surface area contributed by atoms with Gasteiger partial charge in [0.25, 0.3) is 0 Å². The summed E-state index contributed by atoms with van der Waals surface area (Å²) >= 11 is 0. The molecule has 3 atom stereocenters. The lowest BCUT2D eigenvalue weighted by atomic mass is 9.87. The highest BCUT2D eigenvalue weighted by molar-refractivity contribution is 5.83. The van der Waals surface area contributed by atoms with Crippen molar-refractivity contribution in [2.45, 2.75) is 65.3 Å².